The van der Waals surface area contributed by atoms with E-state index in [1.54, 1.807) is 0 Å². The van der Waals surface area contributed by atoms with E-state index in [1.165, 1.54) is 13.8 Å². The molecule has 0 bridgehead atoms. The summed E-state index contributed by atoms with van der Waals surface area (Å²) in [5.74, 6) is -6.11. The van der Waals surface area contributed by atoms with Crippen molar-refractivity contribution in [2.24, 2.45) is 10.9 Å². The van der Waals surface area contributed by atoms with E-state index >= 15 is 0 Å². The van der Waals surface area contributed by atoms with Gasteiger partial charge in [-0.3, -0.25) is 15.1 Å². The Morgan fingerprint density at radius 2 is 1.93 bits per heavy atom. The van der Waals surface area contributed by atoms with Crippen molar-refractivity contribution < 1.29 is 37.9 Å². The first-order valence-corrected chi connectivity index (χ1v) is 7.86. The van der Waals surface area contributed by atoms with Gasteiger partial charge in [0.05, 0.1) is 23.6 Å². The fraction of sp³-hybridized carbons (Fsp3) is 0.353. The second-order valence-electron chi connectivity index (χ2n) is 5.88. The molecule has 11 heteroatoms. The van der Waals surface area contributed by atoms with Crippen molar-refractivity contribution >= 4 is 23.3 Å². The summed E-state index contributed by atoms with van der Waals surface area (Å²) in [7, 11) is 1.04. The number of nitrogens with zero attached hydrogens (tertiary/aromatic N) is 2. The van der Waals surface area contributed by atoms with E-state index in [-0.39, 0.29) is 22.5 Å². The summed E-state index contributed by atoms with van der Waals surface area (Å²) in [6.07, 6.45) is 0. The Morgan fingerprint density at radius 1 is 1.29 bits per heavy atom. The highest BCUT2D eigenvalue weighted by molar-refractivity contribution is 6.06. The number of methoxy groups -OCH3 is 1. The second kappa shape index (κ2) is 8.11. The van der Waals surface area contributed by atoms with Gasteiger partial charge in [0.1, 0.15) is 5.75 Å². The molecule has 0 fully saturated rings. The number of halogens is 2. The van der Waals surface area contributed by atoms with E-state index in [0.29, 0.717) is 0 Å². The maximum Gasteiger partial charge on any atom is 0.387 e. The highest BCUT2D eigenvalue weighted by Crippen LogP contribution is 2.44. The molecule has 1 unspecified atom stereocenters. The molecule has 150 valence electrons. The molecule has 1 aliphatic rings. The largest absolute Gasteiger partial charge is 0.549 e. The predicted molar refractivity (Wildman–Crippen MR) is 88.8 cm³/mol. The number of aliphatic imine (C=N–C) groups is 1. The number of carbonyl (C=O) groups is 2. The SMILES string of the molecule is COC(=O)C1=C(C)N=C(C)C(C(=O)[O-])[C@H]1c1cc([N+](=O)[O-])ccc1OC(F)F. The molecule has 9 nitrogen and oxygen atoms in total. The highest BCUT2D eigenvalue weighted by Gasteiger charge is 2.40. The van der Waals surface area contributed by atoms with Crippen LogP contribution in [0, 0.1) is 16.0 Å². The third kappa shape index (κ3) is 3.97. The number of allylic oxidation sites excluding steroid dienone is 1. The third-order valence-corrected chi connectivity index (χ3v) is 4.24. The van der Waals surface area contributed by atoms with Crippen molar-refractivity contribution in [3.05, 3.63) is 45.1 Å². The highest BCUT2D eigenvalue weighted by atomic mass is 19.3. The number of nitro groups is 1. The number of nitro benzene ring substituents is 1. The van der Waals surface area contributed by atoms with E-state index < -0.39 is 46.7 Å². The quantitative estimate of drug-likeness (QED) is 0.404. The summed E-state index contributed by atoms with van der Waals surface area (Å²) >= 11 is 0. The molecule has 1 aromatic carbocycles. The van der Waals surface area contributed by atoms with Gasteiger partial charge in [-0.2, -0.15) is 8.78 Å². The Bertz CT molecular complexity index is 895. The number of carboxylic acid groups (broad SMARTS) is 1. The number of alkyl halides is 2. The molecule has 1 heterocycles. The fourth-order valence-electron chi connectivity index (χ4n) is 3.15. The lowest BCUT2D eigenvalue weighted by atomic mass is 9.75. The molecule has 0 radical (unpaired) electrons. The van der Waals surface area contributed by atoms with Gasteiger partial charge in [-0.05, 0) is 19.9 Å². The van der Waals surface area contributed by atoms with Crippen LogP contribution in [0.4, 0.5) is 14.5 Å². The summed E-state index contributed by atoms with van der Waals surface area (Å²) in [4.78, 5) is 38.4. The van der Waals surface area contributed by atoms with Gasteiger partial charge < -0.3 is 19.4 Å². The van der Waals surface area contributed by atoms with Gasteiger partial charge in [-0.15, -0.1) is 0 Å². The molecule has 0 amide bonds. The second-order valence-corrected chi connectivity index (χ2v) is 5.88. The number of hydrogen-bond acceptors (Lipinski definition) is 8. The molecule has 2 rings (SSSR count). The molecule has 0 saturated heterocycles. The number of esters is 1. The molecule has 1 aliphatic heterocycles. The predicted octanol–water partition coefficient (Wildman–Crippen LogP) is 1.57. The Labute approximate surface area is 157 Å². The van der Waals surface area contributed by atoms with Gasteiger partial charge in [-0.25, -0.2) is 4.79 Å². The Morgan fingerprint density at radius 3 is 2.43 bits per heavy atom. The zero-order chi connectivity index (χ0) is 21.2. The van der Waals surface area contributed by atoms with Gasteiger partial charge in [0.2, 0.25) is 0 Å². The van der Waals surface area contributed by atoms with Crippen LogP contribution in [0.3, 0.4) is 0 Å². The summed E-state index contributed by atoms with van der Waals surface area (Å²) in [5, 5.41) is 22.9. The molecule has 0 aliphatic carbocycles. The monoisotopic (exact) mass is 397 g/mol. The van der Waals surface area contributed by atoms with Crippen molar-refractivity contribution in [3.63, 3.8) is 0 Å². The molecular weight excluding hydrogens is 382 g/mol. The summed E-state index contributed by atoms with van der Waals surface area (Å²) < 4.78 is 34.8. The maximum absolute atomic E-state index is 12.8. The van der Waals surface area contributed by atoms with Crippen LogP contribution in [-0.2, 0) is 14.3 Å². The lowest BCUT2D eigenvalue weighted by Crippen LogP contribution is -2.42. The number of hydrogen-bond donors (Lipinski definition) is 0. The van der Waals surface area contributed by atoms with Crippen LogP contribution in [0.25, 0.3) is 0 Å². The van der Waals surface area contributed by atoms with Crippen LogP contribution in [-0.4, -0.2) is 36.3 Å². The van der Waals surface area contributed by atoms with Crippen molar-refractivity contribution in [2.45, 2.75) is 26.4 Å². The van der Waals surface area contributed by atoms with Gasteiger partial charge in [0, 0.05) is 40.9 Å². The van der Waals surface area contributed by atoms with E-state index in [1.807, 2.05) is 0 Å². The minimum absolute atomic E-state index is 0.0321. The Balaban J connectivity index is 2.83. The number of carboxylic acids is 1. The molecule has 0 saturated carbocycles. The summed E-state index contributed by atoms with van der Waals surface area (Å²) in [6, 6.07) is 2.72. The van der Waals surface area contributed by atoms with Crippen molar-refractivity contribution in [1.29, 1.82) is 0 Å². The van der Waals surface area contributed by atoms with Crippen molar-refractivity contribution in [1.82, 2.24) is 0 Å². The first kappa shape index (κ1) is 20.9. The van der Waals surface area contributed by atoms with Gasteiger partial charge in [0.15, 0.2) is 0 Å². The summed E-state index contributed by atoms with van der Waals surface area (Å²) in [5.41, 5.74) is -0.929. The molecule has 0 aromatic heterocycles. The number of aliphatic carboxylic acids is 1. The molecule has 28 heavy (non-hydrogen) atoms. The number of rotatable bonds is 6. The number of non-ortho nitro benzene ring substituents is 1. The average molecular weight is 397 g/mol. The van der Waals surface area contributed by atoms with Crippen LogP contribution >= 0.6 is 0 Å². The number of benzene rings is 1. The molecule has 1 aromatic rings. The van der Waals surface area contributed by atoms with Gasteiger partial charge in [0.25, 0.3) is 5.69 Å². The summed E-state index contributed by atoms with van der Waals surface area (Å²) in [6.45, 7) is -0.526. The zero-order valence-corrected chi connectivity index (χ0v) is 15.0. The minimum Gasteiger partial charge on any atom is -0.549 e. The Hall–Kier alpha value is -3.37. The van der Waals surface area contributed by atoms with E-state index in [0.717, 1.165) is 25.3 Å². The molecule has 2 atom stereocenters. The number of carbonyl (C=O) groups excluding carboxylic acids is 2. The first-order chi connectivity index (χ1) is 13.1. The lowest BCUT2D eigenvalue weighted by Gasteiger charge is -2.34. The van der Waals surface area contributed by atoms with Gasteiger partial charge in [-0.1, -0.05) is 0 Å². The molecular formula is C17H15F2N2O7-. The maximum atomic E-state index is 12.8. The van der Waals surface area contributed by atoms with E-state index in [2.05, 4.69) is 14.5 Å². The van der Waals surface area contributed by atoms with Crippen LogP contribution in [0.2, 0.25) is 0 Å². The van der Waals surface area contributed by atoms with Crippen LogP contribution in [0.15, 0.2) is 34.5 Å². The molecule has 0 N–H and O–H groups in total. The smallest absolute Gasteiger partial charge is 0.387 e. The van der Waals surface area contributed by atoms with Crippen molar-refractivity contribution in [3.8, 4) is 5.75 Å². The van der Waals surface area contributed by atoms with Gasteiger partial charge >= 0.3 is 12.6 Å². The first-order valence-electron chi connectivity index (χ1n) is 7.86. The van der Waals surface area contributed by atoms with E-state index in [4.69, 9.17) is 0 Å². The lowest BCUT2D eigenvalue weighted by molar-refractivity contribution is -0.385. The Kier molecular flexibility index (Phi) is 6.06. The van der Waals surface area contributed by atoms with Crippen LogP contribution in [0.1, 0.15) is 25.3 Å². The average Bonchev–Trinajstić information content (AvgIpc) is 2.59. The van der Waals surface area contributed by atoms with Crippen molar-refractivity contribution in [2.75, 3.05) is 7.11 Å². The van der Waals surface area contributed by atoms with Crippen LogP contribution in [0.5, 0.6) is 5.75 Å². The normalized spacial score (nSPS) is 19.3. The third-order valence-electron chi connectivity index (χ3n) is 4.24. The number of ether oxygens (including phenoxy) is 2. The molecule has 0 spiro atoms. The minimum atomic E-state index is -3.29. The van der Waals surface area contributed by atoms with E-state index in [9.17, 15) is 33.6 Å². The van der Waals surface area contributed by atoms with Crippen LogP contribution < -0.4 is 9.84 Å². The standard InChI is InChI=1S/C17H16F2N2O7/c1-7-12(15(22)23)14(13(8(2)20-7)16(24)27-3)10-6-9(21(25)26)4-5-11(10)28-17(18)19/h4-6,12,14,17H,1-3H3,(H,22,23)/p-1/t12?,14-/m1/s1. The topological polar surface area (TPSA) is 131 Å². The fourth-order valence-corrected chi connectivity index (χ4v) is 3.15. The zero-order valence-electron chi connectivity index (χ0n) is 15.0.